The van der Waals surface area contributed by atoms with Crippen molar-refractivity contribution in [2.24, 2.45) is 0 Å². The minimum Gasteiger partial charge on any atom is -0.496 e. The lowest BCUT2D eigenvalue weighted by molar-refractivity contribution is 0.0776. The predicted octanol–water partition coefficient (Wildman–Crippen LogP) is 3.40. The first-order valence-electron chi connectivity index (χ1n) is 10.5. The van der Waals surface area contributed by atoms with E-state index in [4.69, 9.17) is 12.6 Å². The van der Waals surface area contributed by atoms with Gasteiger partial charge in [0.2, 0.25) is 0 Å². The van der Waals surface area contributed by atoms with E-state index in [9.17, 15) is 4.79 Å². The molecule has 1 unspecified atom stereocenters. The Morgan fingerprint density at radius 1 is 1.21 bits per heavy atom. The first kappa shape index (κ1) is 21.4. The van der Waals surface area contributed by atoms with Crippen LogP contribution in [0.4, 0.5) is 0 Å². The number of hydrogen-bond donors (Lipinski definition) is 1. The van der Waals surface area contributed by atoms with Gasteiger partial charge in [-0.1, -0.05) is 54.3 Å². The van der Waals surface area contributed by atoms with Gasteiger partial charge in [0.25, 0.3) is 5.91 Å². The Labute approximate surface area is 176 Å². The van der Waals surface area contributed by atoms with Gasteiger partial charge in [-0.25, -0.2) is 0 Å². The van der Waals surface area contributed by atoms with Crippen molar-refractivity contribution >= 4 is 19.2 Å². The fraction of sp³-hybridized carbons (Fsp3) is 0.458. The smallest absolute Gasteiger partial charge is 0.255 e. The van der Waals surface area contributed by atoms with Crippen molar-refractivity contribution < 1.29 is 9.53 Å². The Balaban J connectivity index is 1.96. The van der Waals surface area contributed by atoms with Crippen LogP contribution in [-0.2, 0) is 6.42 Å². The second-order valence-corrected chi connectivity index (χ2v) is 8.27. The van der Waals surface area contributed by atoms with Gasteiger partial charge in [0.15, 0.2) is 0 Å². The Morgan fingerprint density at radius 3 is 2.45 bits per heavy atom. The lowest BCUT2D eigenvalue weighted by Gasteiger charge is -2.42. The lowest BCUT2D eigenvalue weighted by Crippen LogP contribution is -2.52. The summed E-state index contributed by atoms with van der Waals surface area (Å²) in [5.74, 6) is 0.386. The van der Waals surface area contributed by atoms with E-state index in [2.05, 4.69) is 36.2 Å². The van der Waals surface area contributed by atoms with E-state index in [1.54, 1.807) is 13.2 Å². The van der Waals surface area contributed by atoms with E-state index < -0.39 is 0 Å². The zero-order valence-corrected chi connectivity index (χ0v) is 18.0. The Kier molecular flexibility index (Phi) is 6.68. The highest BCUT2D eigenvalue weighted by Gasteiger charge is 2.39. The fourth-order valence-electron chi connectivity index (χ4n) is 4.29. The summed E-state index contributed by atoms with van der Waals surface area (Å²) in [5, 5.41) is 3.29. The molecule has 1 amide bonds. The maximum atomic E-state index is 13.4. The molecule has 152 valence electrons. The van der Waals surface area contributed by atoms with Gasteiger partial charge in [-0.3, -0.25) is 9.69 Å². The summed E-state index contributed by atoms with van der Waals surface area (Å²) in [6.07, 6.45) is 3.18. The van der Waals surface area contributed by atoms with Crippen molar-refractivity contribution in [1.29, 1.82) is 0 Å². The van der Waals surface area contributed by atoms with Gasteiger partial charge in [0.1, 0.15) is 13.6 Å². The third-order valence-electron chi connectivity index (χ3n) is 6.12. The van der Waals surface area contributed by atoms with Crippen molar-refractivity contribution in [3.63, 3.8) is 0 Å². The highest BCUT2D eigenvalue weighted by Crippen LogP contribution is 2.34. The van der Waals surface area contributed by atoms with Crippen LogP contribution in [0.1, 0.15) is 61.1 Å². The predicted molar refractivity (Wildman–Crippen MR) is 119 cm³/mol. The molecule has 0 bridgehead atoms. The molecular formula is C24H31BN2O2. The Morgan fingerprint density at radius 2 is 1.86 bits per heavy atom. The number of methoxy groups -OCH3 is 1. The van der Waals surface area contributed by atoms with Gasteiger partial charge >= 0.3 is 0 Å². The molecule has 1 N–H and O–H groups in total. The van der Waals surface area contributed by atoms with Gasteiger partial charge in [-0.2, -0.15) is 0 Å². The molecule has 29 heavy (non-hydrogen) atoms. The van der Waals surface area contributed by atoms with Crippen LogP contribution in [0, 0.1) is 0 Å². The van der Waals surface area contributed by atoms with Crippen LogP contribution in [0.3, 0.4) is 0 Å². The number of ether oxygens (including phenoxy) is 1. The Bertz CT molecular complexity index is 845. The molecule has 2 aromatic rings. The molecule has 1 aliphatic rings. The normalized spacial score (nSPS) is 15.9. The summed E-state index contributed by atoms with van der Waals surface area (Å²) < 4.78 is 5.51. The summed E-state index contributed by atoms with van der Waals surface area (Å²) in [7, 11) is 7.76. The average molecular weight is 390 g/mol. The number of benzene rings is 2. The third-order valence-corrected chi connectivity index (χ3v) is 6.12. The van der Waals surface area contributed by atoms with Crippen molar-refractivity contribution in [2.75, 3.05) is 20.2 Å². The summed E-state index contributed by atoms with van der Waals surface area (Å²) in [5.41, 5.74) is 2.94. The molecule has 1 saturated heterocycles. The van der Waals surface area contributed by atoms with Crippen molar-refractivity contribution in [2.45, 2.75) is 51.6 Å². The molecule has 0 spiro atoms. The van der Waals surface area contributed by atoms with E-state index in [-0.39, 0.29) is 17.5 Å². The van der Waals surface area contributed by atoms with Crippen LogP contribution < -0.4 is 15.5 Å². The zero-order valence-electron chi connectivity index (χ0n) is 18.0. The summed E-state index contributed by atoms with van der Waals surface area (Å²) in [6.45, 7) is 8.56. The van der Waals surface area contributed by atoms with Crippen LogP contribution in [0.2, 0.25) is 0 Å². The van der Waals surface area contributed by atoms with E-state index in [1.165, 1.54) is 12.8 Å². The van der Waals surface area contributed by atoms with Crippen LogP contribution >= 0.6 is 0 Å². The number of carbonyl (C=O) groups is 1. The fourth-order valence-corrected chi connectivity index (χ4v) is 4.29. The van der Waals surface area contributed by atoms with Gasteiger partial charge in [0.05, 0.1) is 18.7 Å². The van der Waals surface area contributed by atoms with Gasteiger partial charge in [-0.05, 0) is 57.8 Å². The number of hydrogen-bond acceptors (Lipinski definition) is 3. The highest BCUT2D eigenvalue weighted by molar-refractivity contribution is 6.34. The van der Waals surface area contributed by atoms with E-state index >= 15 is 0 Å². The first-order chi connectivity index (χ1) is 13.9. The minimum atomic E-state index is -0.227. The van der Waals surface area contributed by atoms with Crippen LogP contribution in [0.25, 0.3) is 0 Å². The largest absolute Gasteiger partial charge is 0.496 e. The molecule has 1 atom stereocenters. The van der Waals surface area contributed by atoms with E-state index in [0.29, 0.717) is 16.8 Å². The molecule has 1 aliphatic heterocycles. The molecule has 2 radical (unpaired) electrons. The van der Waals surface area contributed by atoms with Gasteiger partial charge in [-0.15, -0.1) is 0 Å². The maximum Gasteiger partial charge on any atom is 0.255 e. The second-order valence-electron chi connectivity index (χ2n) is 8.27. The Hall–Kier alpha value is -2.27. The first-order valence-corrected chi connectivity index (χ1v) is 10.5. The van der Waals surface area contributed by atoms with E-state index in [0.717, 1.165) is 30.6 Å². The number of aryl methyl sites for hydroxylation is 1. The molecular weight excluding hydrogens is 359 g/mol. The number of nitrogens with zero attached hydrogens (tertiary/aromatic N) is 1. The zero-order chi connectivity index (χ0) is 21.0. The van der Waals surface area contributed by atoms with Crippen molar-refractivity contribution in [1.82, 2.24) is 10.2 Å². The van der Waals surface area contributed by atoms with Gasteiger partial charge in [0, 0.05) is 5.54 Å². The summed E-state index contributed by atoms with van der Waals surface area (Å²) in [4.78, 5) is 15.8. The van der Waals surface area contributed by atoms with Crippen LogP contribution in [0.5, 0.6) is 5.75 Å². The molecule has 2 aromatic carbocycles. The van der Waals surface area contributed by atoms with Gasteiger partial charge < -0.3 is 10.1 Å². The standard InChI is InChI=1S/C24H31BN2O2/c1-5-17-15-21(29-4)19(16-20(17)25)23(28)26-22(18-11-7-6-8-12-18)24(2,3)27-13-9-10-14-27/h6-8,11-12,15-16,22H,5,9-10,13-14H2,1-4H3,(H,26,28). The lowest BCUT2D eigenvalue weighted by atomic mass is 9.85. The molecule has 1 fully saturated rings. The molecule has 0 aromatic heterocycles. The monoisotopic (exact) mass is 390 g/mol. The van der Waals surface area contributed by atoms with E-state index in [1.807, 2.05) is 31.2 Å². The van der Waals surface area contributed by atoms with Crippen molar-refractivity contribution in [3.05, 3.63) is 59.2 Å². The number of carbonyl (C=O) groups excluding carboxylic acids is 1. The average Bonchev–Trinajstić information content (AvgIpc) is 3.28. The highest BCUT2D eigenvalue weighted by atomic mass is 16.5. The number of likely N-dealkylation sites (tertiary alicyclic amines) is 1. The van der Waals surface area contributed by atoms with Crippen LogP contribution in [-0.4, -0.2) is 44.4 Å². The number of nitrogens with one attached hydrogen (secondary N) is 1. The molecule has 1 heterocycles. The molecule has 4 nitrogen and oxygen atoms in total. The molecule has 0 saturated carbocycles. The van der Waals surface area contributed by atoms with Crippen LogP contribution in [0.15, 0.2) is 42.5 Å². The molecule has 3 rings (SSSR count). The second kappa shape index (κ2) is 9.04. The summed E-state index contributed by atoms with van der Waals surface area (Å²) >= 11 is 0. The topological polar surface area (TPSA) is 41.6 Å². The van der Waals surface area contributed by atoms with Crippen molar-refractivity contribution in [3.8, 4) is 5.75 Å². The third kappa shape index (κ3) is 4.50. The maximum absolute atomic E-state index is 13.4. The number of rotatable bonds is 7. The molecule has 0 aliphatic carbocycles. The number of amides is 1. The summed E-state index contributed by atoms with van der Waals surface area (Å²) in [6, 6.07) is 13.6. The SMILES string of the molecule is [B]c1cc(C(=O)NC(c2ccccc2)C(C)(C)N2CCCC2)c(OC)cc1CC. The molecule has 5 heteroatoms. The minimum absolute atomic E-state index is 0.161. The quantitative estimate of drug-likeness (QED) is 0.737.